The van der Waals surface area contributed by atoms with Gasteiger partial charge in [0.1, 0.15) is 5.75 Å². The van der Waals surface area contributed by atoms with Crippen LogP contribution in [-0.2, 0) is 17.6 Å². The summed E-state index contributed by atoms with van der Waals surface area (Å²) in [5.41, 5.74) is 2.40. The largest absolute Gasteiger partial charge is 0.483 e. The zero-order valence-corrected chi connectivity index (χ0v) is 16.6. The first-order valence-electron chi connectivity index (χ1n) is 11.2. The summed E-state index contributed by atoms with van der Waals surface area (Å²) in [5.74, 6) is 1.09. The molecule has 0 spiro atoms. The molecule has 2 fully saturated rings. The van der Waals surface area contributed by atoms with E-state index in [1.54, 1.807) is 0 Å². The fourth-order valence-corrected chi connectivity index (χ4v) is 5.37. The van der Waals surface area contributed by atoms with Crippen LogP contribution in [0.15, 0.2) is 12.3 Å². The Morgan fingerprint density at radius 3 is 2.22 bits per heavy atom. The van der Waals surface area contributed by atoms with Gasteiger partial charge in [-0.05, 0) is 57.4 Å². The molecule has 4 nitrogen and oxygen atoms in total. The van der Waals surface area contributed by atoms with Gasteiger partial charge in [-0.2, -0.15) is 0 Å². The van der Waals surface area contributed by atoms with Crippen molar-refractivity contribution in [3.8, 4) is 5.75 Å². The van der Waals surface area contributed by atoms with Crippen LogP contribution in [0.4, 0.5) is 0 Å². The molecule has 0 unspecified atom stereocenters. The van der Waals surface area contributed by atoms with Gasteiger partial charge < -0.3 is 9.64 Å². The molecule has 1 aromatic heterocycles. The fraction of sp³-hybridized carbons (Fsp3) is 0.739. The van der Waals surface area contributed by atoms with E-state index in [-0.39, 0.29) is 12.5 Å². The van der Waals surface area contributed by atoms with E-state index in [0.717, 1.165) is 18.6 Å². The molecule has 0 saturated heterocycles. The van der Waals surface area contributed by atoms with Crippen LogP contribution in [0.25, 0.3) is 0 Å². The van der Waals surface area contributed by atoms with Gasteiger partial charge in [0.05, 0.1) is 0 Å². The van der Waals surface area contributed by atoms with Crippen molar-refractivity contribution in [3.05, 3.63) is 23.5 Å². The van der Waals surface area contributed by atoms with Crippen molar-refractivity contribution in [2.45, 2.75) is 102 Å². The van der Waals surface area contributed by atoms with Crippen LogP contribution in [-0.4, -0.2) is 34.5 Å². The van der Waals surface area contributed by atoms with Gasteiger partial charge in [-0.15, -0.1) is 0 Å². The van der Waals surface area contributed by atoms with Gasteiger partial charge in [0.15, 0.2) is 6.61 Å². The van der Waals surface area contributed by atoms with Crippen LogP contribution in [0.2, 0.25) is 0 Å². The van der Waals surface area contributed by atoms with Crippen LogP contribution in [0.5, 0.6) is 5.75 Å². The third kappa shape index (κ3) is 4.47. The van der Waals surface area contributed by atoms with Gasteiger partial charge in [-0.1, -0.05) is 38.5 Å². The summed E-state index contributed by atoms with van der Waals surface area (Å²) >= 11 is 0. The predicted molar refractivity (Wildman–Crippen MR) is 107 cm³/mol. The molecule has 4 heteroatoms. The van der Waals surface area contributed by atoms with Crippen molar-refractivity contribution in [1.82, 2.24) is 9.88 Å². The number of amides is 1. The summed E-state index contributed by atoms with van der Waals surface area (Å²) in [4.78, 5) is 20.0. The molecule has 0 aromatic carbocycles. The Morgan fingerprint density at radius 2 is 1.56 bits per heavy atom. The van der Waals surface area contributed by atoms with Gasteiger partial charge in [0.25, 0.3) is 5.91 Å². The molecule has 3 aliphatic rings. The van der Waals surface area contributed by atoms with Gasteiger partial charge >= 0.3 is 0 Å². The highest BCUT2D eigenvalue weighted by Crippen LogP contribution is 2.31. The van der Waals surface area contributed by atoms with Gasteiger partial charge in [-0.25, -0.2) is 0 Å². The minimum absolute atomic E-state index is 0.184. The number of aryl methyl sites for hydroxylation is 1. The Bertz CT molecular complexity index is 615. The first-order chi connectivity index (χ1) is 13.3. The zero-order chi connectivity index (χ0) is 18.5. The lowest BCUT2D eigenvalue weighted by atomic mass is 9.88. The van der Waals surface area contributed by atoms with Crippen molar-refractivity contribution >= 4 is 5.91 Å². The van der Waals surface area contributed by atoms with Crippen molar-refractivity contribution in [2.24, 2.45) is 0 Å². The number of ether oxygens (including phenoxy) is 1. The fourth-order valence-electron chi connectivity index (χ4n) is 5.37. The van der Waals surface area contributed by atoms with E-state index in [9.17, 15) is 4.79 Å². The van der Waals surface area contributed by atoms with Gasteiger partial charge in [0, 0.05) is 29.5 Å². The molecular formula is C23H34N2O2. The van der Waals surface area contributed by atoms with E-state index in [1.165, 1.54) is 88.3 Å². The molecule has 0 radical (unpaired) electrons. The van der Waals surface area contributed by atoms with Crippen molar-refractivity contribution in [3.63, 3.8) is 0 Å². The van der Waals surface area contributed by atoms with E-state index < -0.39 is 0 Å². The third-order valence-corrected chi connectivity index (χ3v) is 6.77. The van der Waals surface area contributed by atoms with Crippen molar-refractivity contribution in [2.75, 3.05) is 6.61 Å². The molecule has 1 amide bonds. The number of nitrogens with zero attached hydrogens (tertiary/aromatic N) is 2. The Labute approximate surface area is 163 Å². The van der Waals surface area contributed by atoms with Crippen LogP contribution in [0.1, 0.15) is 88.3 Å². The smallest absolute Gasteiger partial charge is 0.261 e. The summed E-state index contributed by atoms with van der Waals surface area (Å²) in [6.07, 6.45) is 18.7. The lowest BCUT2D eigenvalue weighted by molar-refractivity contribution is -0.140. The molecule has 0 aliphatic heterocycles. The highest BCUT2D eigenvalue weighted by Gasteiger charge is 2.32. The monoisotopic (exact) mass is 370 g/mol. The second-order valence-corrected chi connectivity index (χ2v) is 8.61. The van der Waals surface area contributed by atoms with Crippen LogP contribution < -0.4 is 4.74 Å². The molecular weight excluding hydrogens is 336 g/mol. The average molecular weight is 371 g/mol. The molecule has 1 aromatic rings. The average Bonchev–Trinajstić information content (AvgIpc) is 2.74. The maximum atomic E-state index is 13.3. The lowest BCUT2D eigenvalue weighted by Crippen LogP contribution is -2.50. The van der Waals surface area contributed by atoms with E-state index in [2.05, 4.69) is 9.88 Å². The van der Waals surface area contributed by atoms with Gasteiger partial charge in [0.2, 0.25) is 0 Å². The Hall–Kier alpha value is -1.58. The molecule has 4 rings (SSSR count). The highest BCUT2D eigenvalue weighted by molar-refractivity contribution is 5.78. The molecule has 148 valence electrons. The number of fused-ring (bicyclic) bond motifs is 1. The lowest BCUT2D eigenvalue weighted by Gasteiger charge is -2.41. The zero-order valence-electron chi connectivity index (χ0n) is 16.6. The number of carbonyl (C=O) groups is 1. The number of carbonyl (C=O) groups excluding carboxylic acids is 1. The predicted octanol–water partition coefficient (Wildman–Crippen LogP) is 4.83. The summed E-state index contributed by atoms with van der Waals surface area (Å²) < 4.78 is 6.10. The van der Waals surface area contributed by atoms with Gasteiger partial charge in [-0.3, -0.25) is 9.78 Å². The Morgan fingerprint density at radius 1 is 0.926 bits per heavy atom. The van der Waals surface area contributed by atoms with Crippen LogP contribution in [0.3, 0.4) is 0 Å². The second-order valence-electron chi connectivity index (χ2n) is 8.61. The number of rotatable bonds is 5. The summed E-state index contributed by atoms with van der Waals surface area (Å²) in [7, 11) is 0. The summed E-state index contributed by atoms with van der Waals surface area (Å²) in [6.45, 7) is 0.184. The van der Waals surface area contributed by atoms with E-state index in [0.29, 0.717) is 12.1 Å². The summed E-state index contributed by atoms with van der Waals surface area (Å²) in [5, 5.41) is 0. The minimum Gasteiger partial charge on any atom is -0.483 e. The molecule has 3 aliphatic carbocycles. The first-order valence-corrected chi connectivity index (χ1v) is 11.2. The standard InChI is InChI=1S/C23H34N2O2/c26-23(17-27-22-15-16-24-21-14-8-7-13-20(21)22)25(18-9-3-1-4-10-18)19-11-5-2-6-12-19/h15-16,18-19H,1-14,17H2. The van der Waals surface area contributed by atoms with Crippen LogP contribution in [0, 0.1) is 0 Å². The van der Waals surface area contributed by atoms with E-state index in [4.69, 9.17) is 4.74 Å². The topological polar surface area (TPSA) is 42.4 Å². The number of pyridine rings is 1. The quantitative estimate of drug-likeness (QED) is 0.745. The van der Waals surface area contributed by atoms with Crippen LogP contribution >= 0.6 is 0 Å². The number of hydrogen-bond acceptors (Lipinski definition) is 3. The maximum absolute atomic E-state index is 13.3. The molecule has 0 atom stereocenters. The number of aromatic nitrogens is 1. The van der Waals surface area contributed by atoms with E-state index in [1.807, 2.05) is 12.3 Å². The van der Waals surface area contributed by atoms with Crippen molar-refractivity contribution in [1.29, 1.82) is 0 Å². The molecule has 0 bridgehead atoms. The Balaban J connectivity index is 1.45. The highest BCUT2D eigenvalue weighted by atomic mass is 16.5. The minimum atomic E-state index is 0.184. The Kier molecular flexibility index (Phi) is 6.31. The third-order valence-electron chi connectivity index (χ3n) is 6.77. The van der Waals surface area contributed by atoms with Crippen molar-refractivity contribution < 1.29 is 9.53 Å². The first kappa shape index (κ1) is 18.8. The SMILES string of the molecule is O=C(COc1ccnc2c1CCCC2)N(C1CCCCC1)C1CCCCC1. The molecule has 27 heavy (non-hydrogen) atoms. The number of hydrogen-bond donors (Lipinski definition) is 0. The molecule has 2 saturated carbocycles. The summed E-state index contributed by atoms with van der Waals surface area (Å²) in [6, 6.07) is 2.82. The second kappa shape index (κ2) is 9.07. The molecule has 1 heterocycles. The maximum Gasteiger partial charge on any atom is 0.261 e. The van der Waals surface area contributed by atoms with E-state index >= 15 is 0 Å². The molecule has 0 N–H and O–H groups in total. The normalized spacial score (nSPS) is 21.5.